The first-order chi connectivity index (χ1) is 10.2. The number of ether oxygens (including phenoxy) is 1. The second kappa shape index (κ2) is 5.12. The molecule has 7 heteroatoms. The zero-order valence-corrected chi connectivity index (χ0v) is 11.1. The number of nitrogens with one attached hydrogen (secondary N) is 3. The minimum absolute atomic E-state index is 0.288. The molecule has 0 radical (unpaired) electrons. The molecular formula is C14H12N4O3. The van der Waals surface area contributed by atoms with Gasteiger partial charge in [0.25, 0.3) is 5.91 Å². The van der Waals surface area contributed by atoms with Gasteiger partial charge < -0.3 is 20.0 Å². The number of rotatable bonds is 3. The Labute approximate surface area is 119 Å². The van der Waals surface area contributed by atoms with Crippen LogP contribution in [0, 0.1) is 0 Å². The highest BCUT2D eigenvalue weighted by molar-refractivity contribution is 6.06. The first-order valence-corrected chi connectivity index (χ1v) is 6.19. The molecule has 0 spiro atoms. The normalized spacial score (nSPS) is 10.5. The van der Waals surface area contributed by atoms with Gasteiger partial charge in [0.2, 0.25) is 0 Å². The highest BCUT2D eigenvalue weighted by Crippen LogP contribution is 2.19. The van der Waals surface area contributed by atoms with Crippen molar-refractivity contribution < 1.29 is 9.53 Å². The van der Waals surface area contributed by atoms with Crippen molar-refractivity contribution in [2.75, 3.05) is 12.4 Å². The molecule has 1 amide bonds. The average Bonchev–Trinajstić information content (AvgIpc) is 2.86. The van der Waals surface area contributed by atoms with Gasteiger partial charge in [0.15, 0.2) is 0 Å². The number of hydrogen-bond acceptors (Lipinski definition) is 4. The molecule has 0 bridgehead atoms. The van der Waals surface area contributed by atoms with Crippen LogP contribution in [0.15, 0.2) is 41.5 Å². The van der Waals surface area contributed by atoms with Crippen molar-refractivity contribution in [2.45, 2.75) is 0 Å². The van der Waals surface area contributed by atoms with Gasteiger partial charge in [-0.2, -0.15) is 0 Å². The highest BCUT2D eigenvalue weighted by atomic mass is 16.5. The van der Waals surface area contributed by atoms with Crippen LogP contribution in [-0.2, 0) is 0 Å². The summed E-state index contributed by atoms with van der Waals surface area (Å²) in [5, 5.41) is 2.75. The van der Waals surface area contributed by atoms with Gasteiger partial charge in [0.05, 0.1) is 29.9 Å². The molecule has 7 nitrogen and oxygen atoms in total. The summed E-state index contributed by atoms with van der Waals surface area (Å²) in [4.78, 5) is 32.6. The maximum atomic E-state index is 12.2. The number of amides is 1. The first-order valence-electron chi connectivity index (χ1n) is 6.19. The monoisotopic (exact) mass is 284 g/mol. The molecule has 0 atom stereocenters. The Morgan fingerprint density at radius 3 is 2.86 bits per heavy atom. The number of imidazole rings is 1. The summed E-state index contributed by atoms with van der Waals surface area (Å²) in [6.07, 6.45) is 2.99. The van der Waals surface area contributed by atoms with E-state index in [1.807, 2.05) is 0 Å². The van der Waals surface area contributed by atoms with Crippen LogP contribution in [0.4, 0.5) is 5.69 Å². The van der Waals surface area contributed by atoms with Crippen LogP contribution in [0.2, 0.25) is 0 Å². The third-order valence-corrected chi connectivity index (χ3v) is 3.02. The van der Waals surface area contributed by atoms with Gasteiger partial charge >= 0.3 is 5.69 Å². The Morgan fingerprint density at radius 1 is 1.24 bits per heavy atom. The van der Waals surface area contributed by atoms with Crippen molar-refractivity contribution in [2.24, 2.45) is 0 Å². The van der Waals surface area contributed by atoms with Gasteiger partial charge in [0.1, 0.15) is 5.75 Å². The summed E-state index contributed by atoms with van der Waals surface area (Å²) >= 11 is 0. The lowest BCUT2D eigenvalue weighted by molar-refractivity contribution is 0.102. The van der Waals surface area contributed by atoms with E-state index < -0.39 is 0 Å². The van der Waals surface area contributed by atoms with Crippen LogP contribution in [-0.4, -0.2) is 28.0 Å². The Balaban J connectivity index is 1.90. The second-order valence-corrected chi connectivity index (χ2v) is 4.37. The van der Waals surface area contributed by atoms with Crippen LogP contribution < -0.4 is 15.7 Å². The molecule has 0 saturated carbocycles. The second-order valence-electron chi connectivity index (χ2n) is 4.37. The number of nitrogens with zero attached hydrogens (tertiary/aromatic N) is 1. The van der Waals surface area contributed by atoms with Gasteiger partial charge in [-0.05, 0) is 24.3 Å². The molecule has 3 aromatic rings. The van der Waals surface area contributed by atoms with E-state index in [1.54, 1.807) is 24.3 Å². The third-order valence-electron chi connectivity index (χ3n) is 3.02. The van der Waals surface area contributed by atoms with Gasteiger partial charge in [-0.1, -0.05) is 0 Å². The van der Waals surface area contributed by atoms with Crippen LogP contribution in [0.3, 0.4) is 0 Å². The number of anilines is 1. The molecule has 0 saturated heterocycles. The Bertz CT molecular complexity index is 866. The number of benzene rings is 1. The maximum Gasteiger partial charge on any atom is 0.323 e. The lowest BCUT2D eigenvalue weighted by Crippen LogP contribution is -2.13. The fourth-order valence-electron chi connectivity index (χ4n) is 2.04. The molecule has 106 valence electrons. The van der Waals surface area contributed by atoms with Gasteiger partial charge in [-0.25, -0.2) is 4.79 Å². The molecule has 21 heavy (non-hydrogen) atoms. The minimum Gasteiger partial charge on any atom is -0.494 e. The van der Waals surface area contributed by atoms with Crippen LogP contribution in [0.5, 0.6) is 5.75 Å². The van der Waals surface area contributed by atoms with E-state index in [2.05, 4.69) is 20.3 Å². The van der Waals surface area contributed by atoms with Crippen molar-refractivity contribution in [3.63, 3.8) is 0 Å². The molecule has 0 unspecified atom stereocenters. The van der Waals surface area contributed by atoms with Crippen molar-refractivity contribution in [3.05, 3.63) is 52.7 Å². The quantitative estimate of drug-likeness (QED) is 0.678. The molecule has 0 fully saturated rings. The van der Waals surface area contributed by atoms with E-state index in [4.69, 9.17) is 4.74 Å². The molecule has 0 aliphatic rings. The van der Waals surface area contributed by atoms with Crippen LogP contribution >= 0.6 is 0 Å². The number of carbonyl (C=O) groups excluding carboxylic acids is 1. The van der Waals surface area contributed by atoms with Gasteiger partial charge in [-0.15, -0.1) is 0 Å². The maximum absolute atomic E-state index is 12.2. The summed E-state index contributed by atoms with van der Waals surface area (Å²) in [6.45, 7) is 0. The fourth-order valence-corrected chi connectivity index (χ4v) is 2.04. The number of fused-ring (bicyclic) bond motifs is 1. The predicted octanol–water partition coefficient (Wildman–Crippen LogP) is 1.51. The Morgan fingerprint density at radius 2 is 2.05 bits per heavy atom. The van der Waals surface area contributed by atoms with Crippen molar-refractivity contribution in [1.82, 2.24) is 15.0 Å². The molecule has 0 aliphatic heterocycles. The van der Waals surface area contributed by atoms with Crippen molar-refractivity contribution >= 4 is 22.6 Å². The van der Waals surface area contributed by atoms with E-state index >= 15 is 0 Å². The number of methoxy groups -OCH3 is 1. The highest BCUT2D eigenvalue weighted by Gasteiger charge is 2.12. The number of H-pyrrole nitrogens is 2. The standard InChI is InChI=1S/C14H12N4O3/c1-21-12-7-15-5-4-9(12)13(19)16-8-2-3-10-11(6-8)18-14(20)17-10/h2-7H,1H3,(H,16,19)(H2,17,18,20). The summed E-state index contributed by atoms with van der Waals surface area (Å²) in [6, 6.07) is 6.67. The van der Waals surface area contributed by atoms with E-state index in [-0.39, 0.29) is 11.6 Å². The van der Waals surface area contributed by atoms with Crippen LogP contribution in [0.25, 0.3) is 11.0 Å². The van der Waals surface area contributed by atoms with E-state index in [0.29, 0.717) is 28.0 Å². The zero-order valence-electron chi connectivity index (χ0n) is 11.1. The molecule has 3 N–H and O–H groups in total. The van der Waals surface area contributed by atoms with Crippen molar-refractivity contribution in [1.29, 1.82) is 0 Å². The predicted molar refractivity (Wildman–Crippen MR) is 77.7 cm³/mol. The largest absolute Gasteiger partial charge is 0.494 e. The topological polar surface area (TPSA) is 99.9 Å². The van der Waals surface area contributed by atoms with E-state index in [1.165, 1.54) is 19.5 Å². The molecule has 2 aromatic heterocycles. The number of aromatic amines is 2. The summed E-state index contributed by atoms with van der Waals surface area (Å²) in [7, 11) is 1.48. The van der Waals surface area contributed by atoms with Crippen LogP contribution in [0.1, 0.15) is 10.4 Å². The molecule has 2 heterocycles. The summed E-state index contributed by atoms with van der Waals surface area (Å²) < 4.78 is 5.10. The Kier molecular flexibility index (Phi) is 3.15. The van der Waals surface area contributed by atoms with Crippen molar-refractivity contribution in [3.8, 4) is 5.75 Å². The Hall–Kier alpha value is -3.09. The summed E-state index contributed by atoms with van der Waals surface area (Å²) in [5.74, 6) is 0.0811. The molecule has 1 aromatic carbocycles. The number of carbonyl (C=O) groups is 1. The number of aromatic nitrogens is 3. The zero-order chi connectivity index (χ0) is 14.8. The molecule has 3 rings (SSSR count). The SMILES string of the molecule is COc1cnccc1C(=O)Nc1ccc2[nH]c(=O)[nH]c2c1. The molecular weight excluding hydrogens is 272 g/mol. The smallest absolute Gasteiger partial charge is 0.323 e. The minimum atomic E-state index is -0.313. The third kappa shape index (κ3) is 2.48. The fraction of sp³-hybridized carbons (Fsp3) is 0.0714. The molecule has 0 aliphatic carbocycles. The lowest BCUT2D eigenvalue weighted by atomic mass is 10.2. The summed E-state index contributed by atoms with van der Waals surface area (Å²) in [5.41, 5.74) is 1.97. The number of hydrogen-bond donors (Lipinski definition) is 3. The van der Waals surface area contributed by atoms with E-state index in [9.17, 15) is 9.59 Å². The average molecular weight is 284 g/mol. The first kappa shape index (κ1) is 12.9. The number of pyridine rings is 1. The lowest BCUT2D eigenvalue weighted by Gasteiger charge is -2.08. The van der Waals surface area contributed by atoms with Gasteiger partial charge in [-0.3, -0.25) is 9.78 Å². The van der Waals surface area contributed by atoms with Gasteiger partial charge in [0, 0.05) is 11.9 Å². The van der Waals surface area contributed by atoms with E-state index in [0.717, 1.165) is 0 Å².